The number of rotatable bonds is 9. The van der Waals surface area contributed by atoms with Gasteiger partial charge in [0.2, 0.25) is 24.1 Å². The van der Waals surface area contributed by atoms with Gasteiger partial charge in [0.25, 0.3) is 6.47 Å². The number of aliphatic hydroxyl groups excluding tert-OH is 1. The van der Waals surface area contributed by atoms with E-state index in [0.717, 1.165) is 151 Å². The fraction of sp³-hybridized carbons (Fsp3) is 0.773. The molecular weight excluding hydrogens is 883 g/mol. The summed E-state index contributed by atoms with van der Waals surface area (Å²) < 4.78 is 40.2. The van der Waals surface area contributed by atoms with Crippen molar-refractivity contribution in [2.75, 3.05) is 211 Å². The third-order valence-corrected chi connectivity index (χ3v) is 10.1. The molecule has 23 heteroatoms. The third-order valence-electron chi connectivity index (χ3n) is 10.1. The van der Waals surface area contributed by atoms with Gasteiger partial charge in [0.1, 0.15) is 0 Å². The Morgan fingerprint density at radius 2 is 0.836 bits per heavy atom. The molecule has 7 rings (SSSR count). The molecule has 0 unspecified atom stereocenters. The smallest absolute Gasteiger partial charge is 0.329 e. The SMILES string of the molecule is C1COCCN1.C=CC(=O)N1CCOCC1.C=CC(=O)OC.CO.O=C(CCN1CCOCC1)N1CCOCC1.O=C(CCN1CCOCC1)N1CCOCC1.O=CN1CCOCC1.O=CO. The number of hydrogen-bond donors (Lipinski definition) is 3. The quantitative estimate of drug-likeness (QED) is 0.127. The Labute approximate surface area is 397 Å². The Hall–Kier alpha value is -4.14. The van der Waals surface area contributed by atoms with Crippen molar-refractivity contribution >= 4 is 36.6 Å². The predicted molar refractivity (Wildman–Crippen MR) is 247 cm³/mol. The van der Waals surface area contributed by atoms with Crippen LogP contribution in [0, 0.1) is 0 Å². The molecular formula is C44H81N7O16. The molecule has 0 aromatic rings. The third kappa shape index (κ3) is 34.8. The summed E-state index contributed by atoms with van der Waals surface area (Å²) in [5, 5.41) is 17.0. The summed E-state index contributed by atoms with van der Waals surface area (Å²) >= 11 is 0. The molecule has 0 saturated carbocycles. The molecule has 4 amide bonds. The first kappa shape index (κ1) is 62.9. The summed E-state index contributed by atoms with van der Waals surface area (Å²) in [6.07, 6.45) is 4.56. The van der Waals surface area contributed by atoms with Crippen LogP contribution in [0.25, 0.3) is 0 Å². The number of carboxylic acid groups (broad SMARTS) is 1. The summed E-state index contributed by atoms with van der Waals surface area (Å²) in [7, 11) is 2.31. The van der Waals surface area contributed by atoms with Crippen LogP contribution >= 0.6 is 0 Å². The molecule has 3 N–H and O–H groups in total. The van der Waals surface area contributed by atoms with E-state index in [0.29, 0.717) is 78.8 Å². The summed E-state index contributed by atoms with van der Waals surface area (Å²) in [6.45, 7) is 30.2. The van der Waals surface area contributed by atoms with Crippen molar-refractivity contribution in [3.8, 4) is 0 Å². The minimum absolute atomic E-state index is 0.00306. The van der Waals surface area contributed by atoms with Gasteiger partial charge in [0.05, 0.1) is 99.6 Å². The maximum atomic E-state index is 11.9. The lowest BCUT2D eigenvalue weighted by atomic mass is 10.3. The molecule has 7 heterocycles. The van der Waals surface area contributed by atoms with Crippen LogP contribution in [-0.4, -0.2) is 288 Å². The van der Waals surface area contributed by atoms with Gasteiger partial charge in [-0.15, -0.1) is 0 Å². The first-order valence-electron chi connectivity index (χ1n) is 22.8. The summed E-state index contributed by atoms with van der Waals surface area (Å²) in [5.41, 5.74) is 0. The highest BCUT2D eigenvalue weighted by Gasteiger charge is 2.20. The van der Waals surface area contributed by atoms with Crippen LogP contribution in [-0.2, 0) is 66.7 Å². The highest BCUT2D eigenvalue weighted by Crippen LogP contribution is 2.05. The number of aliphatic hydroxyl groups is 1. The lowest BCUT2D eigenvalue weighted by Gasteiger charge is -2.29. The first-order valence-corrected chi connectivity index (χ1v) is 22.8. The highest BCUT2D eigenvalue weighted by atomic mass is 16.5. The number of ether oxygens (including phenoxy) is 8. The van der Waals surface area contributed by atoms with Gasteiger partial charge in [-0.2, -0.15) is 0 Å². The van der Waals surface area contributed by atoms with Crippen molar-refractivity contribution in [3.05, 3.63) is 25.3 Å². The summed E-state index contributed by atoms with van der Waals surface area (Å²) in [6, 6.07) is 0. The number of nitrogens with one attached hydrogen (secondary N) is 1. The molecule has 0 bridgehead atoms. The van der Waals surface area contributed by atoms with Crippen molar-refractivity contribution in [1.82, 2.24) is 34.7 Å². The van der Waals surface area contributed by atoms with Crippen LogP contribution in [0.5, 0.6) is 0 Å². The number of esters is 1. The van der Waals surface area contributed by atoms with Gasteiger partial charge in [0.15, 0.2) is 0 Å². The fourth-order valence-corrected chi connectivity index (χ4v) is 6.29. The van der Waals surface area contributed by atoms with Crippen molar-refractivity contribution in [2.45, 2.75) is 12.8 Å². The van der Waals surface area contributed by atoms with E-state index < -0.39 is 5.97 Å². The lowest BCUT2D eigenvalue weighted by Crippen LogP contribution is -2.43. The molecule has 0 radical (unpaired) electrons. The standard InChI is InChI=1S/2C11H20N2O3.C7H11NO2.C5H9NO2.C4H9NO.C4H6O2.CH2O2.CH4O/c2*14-11(13-5-9-16-10-6-13)1-2-12-3-7-15-8-4-12;1-2-7(9)8-3-5-10-6-4-8;7-5-6-1-3-8-4-2-6;1-3-6-4-2-5-1;1-3-4(5)6-2;2-1-3;1-2/h2*1-10H2;2H,1,3-6H2;5H,1-4H2;5H,1-4H2;3H,1H2,2H3;1H,(H,2,3);2H,1H3. The second-order valence-corrected chi connectivity index (χ2v) is 14.5. The van der Waals surface area contributed by atoms with Crippen molar-refractivity contribution in [1.29, 1.82) is 0 Å². The van der Waals surface area contributed by atoms with Gasteiger partial charge in [0, 0.05) is 131 Å². The normalized spacial score (nSPS) is 19.4. The molecule has 7 aliphatic heterocycles. The van der Waals surface area contributed by atoms with E-state index in [1.54, 1.807) is 9.80 Å². The molecule has 23 nitrogen and oxygen atoms in total. The molecule has 388 valence electrons. The molecule has 67 heavy (non-hydrogen) atoms. The zero-order valence-electron chi connectivity index (χ0n) is 40.1. The minimum Gasteiger partial charge on any atom is -0.483 e. The maximum absolute atomic E-state index is 11.9. The Balaban J connectivity index is 0.000000795. The fourth-order valence-electron chi connectivity index (χ4n) is 6.29. The molecule has 7 fully saturated rings. The second kappa shape index (κ2) is 45.6. The van der Waals surface area contributed by atoms with E-state index in [9.17, 15) is 24.0 Å². The number of morpholine rings is 7. The maximum Gasteiger partial charge on any atom is 0.329 e. The van der Waals surface area contributed by atoms with Crippen LogP contribution in [0.3, 0.4) is 0 Å². The first-order chi connectivity index (χ1) is 32.7. The highest BCUT2D eigenvalue weighted by molar-refractivity contribution is 5.87. The number of carbonyl (C=O) groups is 6. The molecule has 0 aromatic heterocycles. The molecule has 0 aliphatic carbocycles. The van der Waals surface area contributed by atoms with Crippen molar-refractivity contribution < 1.29 is 76.9 Å². The molecule has 7 saturated heterocycles. The van der Waals surface area contributed by atoms with Crippen molar-refractivity contribution in [3.63, 3.8) is 0 Å². The van der Waals surface area contributed by atoms with Crippen LogP contribution in [0.15, 0.2) is 25.3 Å². The second-order valence-electron chi connectivity index (χ2n) is 14.5. The molecule has 7 aliphatic rings. The van der Waals surface area contributed by atoms with E-state index >= 15 is 0 Å². The average Bonchev–Trinajstić information content (AvgIpc) is 3.42. The molecule has 0 aromatic carbocycles. The monoisotopic (exact) mass is 964 g/mol. The number of carbonyl (C=O) groups excluding carboxylic acids is 5. The Morgan fingerprint density at radius 3 is 1.07 bits per heavy atom. The predicted octanol–water partition coefficient (Wildman–Crippen LogP) is -2.10. The van der Waals surface area contributed by atoms with Crippen LogP contribution in [0.2, 0.25) is 0 Å². The molecule has 0 spiro atoms. The molecule has 0 atom stereocenters. The lowest BCUT2D eigenvalue weighted by molar-refractivity contribution is -0.136. The van der Waals surface area contributed by atoms with Gasteiger partial charge >= 0.3 is 5.97 Å². The van der Waals surface area contributed by atoms with Gasteiger partial charge < -0.3 is 73.0 Å². The number of amides is 4. The summed E-state index contributed by atoms with van der Waals surface area (Å²) in [5.74, 6) is 0.128. The largest absolute Gasteiger partial charge is 0.483 e. The van der Waals surface area contributed by atoms with Gasteiger partial charge in [-0.05, 0) is 6.08 Å². The number of hydrogen-bond acceptors (Lipinski definition) is 18. The zero-order valence-corrected chi connectivity index (χ0v) is 40.1. The van der Waals surface area contributed by atoms with Crippen molar-refractivity contribution in [2.24, 2.45) is 0 Å². The number of nitrogens with zero attached hydrogens (tertiary/aromatic N) is 6. The Morgan fingerprint density at radius 1 is 0.522 bits per heavy atom. The van der Waals surface area contributed by atoms with Crippen LogP contribution in [0.4, 0.5) is 0 Å². The topological polar surface area (TPSA) is 248 Å². The van der Waals surface area contributed by atoms with Crippen LogP contribution < -0.4 is 5.32 Å². The Kier molecular flexibility index (Phi) is 42.8. The Bertz CT molecular complexity index is 1210. The summed E-state index contributed by atoms with van der Waals surface area (Å²) in [4.78, 5) is 74.7. The van der Waals surface area contributed by atoms with Gasteiger partial charge in [-0.3, -0.25) is 33.8 Å². The van der Waals surface area contributed by atoms with E-state index in [2.05, 4.69) is 33.0 Å². The van der Waals surface area contributed by atoms with E-state index in [1.807, 2.05) is 9.80 Å². The van der Waals surface area contributed by atoms with E-state index in [4.69, 9.17) is 48.2 Å². The zero-order chi connectivity index (χ0) is 49.6. The minimum atomic E-state index is -0.394. The van der Waals surface area contributed by atoms with E-state index in [-0.39, 0.29) is 24.2 Å². The van der Waals surface area contributed by atoms with E-state index in [1.165, 1.54) is 13.2 Å². The number of methoxy groups -OCH3 is 1. The van der Waals surface area contributed by atoms with Gasteiger partial charge in [-0.1, -0.05) is 13.2 Å². The van der Waals surface area contributed by atoms with Crippen LogP contribution in [0.1, 0.15) is 12.8 Å². The average molecular weight is 964 g/mol. The van der Waals surface area contributed by atoms with Gasteiger partial charge in [-0.25, -0.2) is 4.79 Å².